The van der Waals surface area contributed by atoms with Crippen LogP contribution in [-0.4, -0.2) is 27.1 Å². The summed E-state index contributed by atoms with van der Waals surface area (Å²) in [7, 11) is 0. The molecule has 7 nitrogen and oxygen atoms in total. The summed E-state index contributed by atoms with van der Waals surface area (Å²) in [6.07, 6.45) is 0. The van der Waals surface area contributed by atoms with Gasteiger partial charge < -0.3 is 10.6 Å². The van der Waals surface area contributed by atoms with Crippen molar-refractivity contribution in [3.05, 3.63) is 70.3 Å². The van der Waals surface area contributed by atoms with E-state index in [1.807, 2.05) is 42.6 Å². The predicted octanol–water partition coefficient (Wildman–Crippen LogP) is 4.83. The average molecular weight is 479 g/mol. The Bertz CT molecular complexity index is 1360. The van der Waals surface area contributed by atoms with Crippen LogP contribution in [0.4, 0.5) is 11.4 Å². The number of nitrogens with one attached hydrogen (secondary N) is 2. The van der Waals surface area contributed by atoms with Crippen molar-refractivity contribution in [2.75, 3.05) is 16.4 Å². The van der Waals surface area contributed by atoms with E-state index < -0.39 is 0 Å². The largest absolute Gasteiger partial charge is 0.326 e. The van der Waals surface area contributed by atoms with Gasteiger partial charge in [-0.2, -0.15) is 0 Å². The maximum absolute atomic E-state index is 13.1. The molecule has 2 amide bonds. The molecule has 0 saturated heterocycles. The minimum absolute atomic E-state index is 0.0915. The van der Waals surface area contributed by atoms with E-state index in [0.717, 1.165) is 11.1 Å². The molecule has 168 valence electrons. The lowest BCUT2D eigenvalue weighted by molar-refractivity contribution is -0.114. The Labute approximate surface area is 198 Å². The third kappa shape index (κ3) is 5.15. The molecule has 0 saturated carbocycles. The first-order valence-electron chi connectivity index (χ1n) is 10.3. The van der Waals surface area contributed by atoms with Gasteiger partial charge in [0.2, 0.25) is 11.8 Å². The van der Waals surface area contributed by atoms with Gasteiger partial charge in [-0.3, -0.25) is 19.0 Å². The fourth-order valence-electron chi connectivity index (χ4n) is 3.36. The molecule has 33 heavy (non-hydrogen) atoms. The molecule has 0 radical (unpaired) electrons. The van der Waals surface area contributed by atoms with E-state index in [2.05, 4.69) is 10.6 Å². The van der Waals surface area contributed by atoms with E-state index in [0.29, 0.717) is 33.3 Å². The molecule has 2 heterocycles. The Kier molecular flexibility index (Phi) is 6.90. The summed E-state index contributed by atoms with van der Waals surface area (Å²) >= 11 is 2.63. The summed E-state index contributed by atoms with van der Waals surface area (Å²) in [5.74, 6) is -0.260. The fraction of sp³-hybridized carbons (Fsp3) is 0.167. The van der Waals surface area contributed by atoms with Crippen LogP contribution >= 0.6 is 23.1 Å². The second-order valence-electron chi connectivity index (χ2n) is 7.23. The summed E-state index contributed by atoms with van der Waals surface area (Å²) in [5.41, 5.74) is 3.77. The molecule has 4 aromatic rings. The molecule has 0 atom stereocenters. The quantitative estimate of drug-likeness (QED) is 0.293. The number of amides is 2. The highest BCUT2D eigenvalue weighted by atomic mass is 32.2. The third-order valence-electron chi connectivity index (χ3n) is 4.86. The second-order valence-corrected chi connectivity index (χ2v) is 9.05. The van der Waals surface area contributed by atoms with E-state index in [1.54, 1.807) is 28.8 Å². The molecule has 0 aliphatic carbocycles. The number of anilines is 2. The van der Waals surface area contributed by atoms with Gasteiger partial charge in [-0.15, -0.1) is 11.3 Å². The van der Waals surface area contributed by atoms with Gasteiger partial charge in [0.15, 0.2) is 5.16 Å². The minimum atomic E-state index is -0.210. The number of hydrogen-bond acceptors (Lipinski definition) is 6. The SMILES string of the molecule is CCn1c(SCC(=O)Nc2ccc(NC(C)=O)cc2)nc2c(-c3ccccc3)csc2c1=O. The molecule has 0 bridgehead atoms. The van der Waals surface area contributed by atoms with Crippen LogP contribution in [0.15, 0.2) is 69.9 Å². The van der Waals surface area contributed by atoms with E-state index in [9.17, 15) is 14.4 Å². The molecule has 2 aromatic carbocycles. The summed E-state index contributed by atoms with van der Waals surface area (Å²) in [6.45, 7) is 3.80. The number of rotatable bonds is 7. The molecule has 9 heteroatoms. The molecule has 0 aliphatic rings. The predicted molar refractivity (Wildman–Crippen MR) is 135 cm³/mol. The highest BCUT2D eigenvalue weighted by Crippen LogP contribution is 2.32. The zero-order valence-electron chi connectivity index (χ0n) is 18.1. The molecule has 2 aromatic heterocycles. The molecule has 4 rings (SSSR count). The number of aromatic nitrogens is 2. The lowest BCUT2D eigenvalue weighted by Gasteiger charge is -2.11. The Morgan fingerprint density at radius 3 is 2.33 bits per heavy atom. The number of nitrogens with zero attached hydrogens (tertiary/aromatic N) is 2. The van der Waals surface area contributed by atoms with E-state index in [-0.39, 0.29) is 23.1 Å². The minimum Gasteiger partial charge on any atom is -0.326 e. The average Bonchev–Trinajstić information content (AvgIpc) is 3.23. The molecule has 0 unspecified atom stereocenters. The Balaban J connectivity index is 1.53. The van der Waals surface area contributed by atoms with Crippen molar-refractivity contribution in [2.45, 2.75) is 25.5 Å². The first kappa shape index (κ1) is 22.8. The van der Waals surface area contributed by atoms with Gasteiger partial charge in [0, 0.05) is 35.8 Å². The standard InChI is InChI=1S/C24H22N4O3S2/c1-3-28-23(31)22-21(19(13-32-22)16-7-5-4-6-8-16)27-24(28)33-14-20(30)26-18-11-9-17(10-12-18)25-15(2)29/h4-13H,3,14H2,1-2H3,(H,25,29)(H,26,30). The zero-order valence-corrected chi connectivity index (χ0v) is 19.8. The lowest BCUT2D eigenvalue weighted by atomic mass is 10.1. The number of fused-ring (bicyclic) bond motifs is 1. The fourth-order valence-corrected chi connectivity index (χ4v) is 5.18. The van der Waals surface area contributed by atoms with Crippen LogP contribution in [0.3, 0.4) is 0 Å². The van der Waals surface area contributed by atoms with Gasteiger partial charge in [0.05, 0.1) is 11.3 Å². The van der Waals surface area contributed by atoms with Crippen LogP contribution in [0.5, 0.6) is 0 Å². The second kappa shape index (κ2) is 10.0. The Hall–Kier alpha value is -3.43. The molecule has 2 N–H and O–H groups in total. The molecule has 0 spiro atoms. The van der Waals surface area contributed by atoms with Crippen LogP contribution in [0.25, 0.3) is 21.3 Å². The Morgan fingerprint density at radius 2 is 1.70 bits per heavy atom. The summed E-state index contributed by atoms with van der Waals surface area (Å²) < 4.78 is 2.22. The van der Waals surface area contributed by atoms with Gasteiger partial charge in [0.25, 0.3) is 5.56 Å². The number of carbonyl (C=O) groups excluding carboxylic acids is 2. The number of thiophene rings is 1. The smallest absolute Gasteiger partial charge is 0.272 e. The van der Waals surface area contributed by atoms with Crippen molar-refractivity contribution in [3.63, 3.8) is 0 Å². The van der Waals surface area contributed by atoms with Crippen molar-refractivity contribution >= 4 is 56.5 Å². The van der Waals surface area contributed by atoms with Crippen LogP contribution < -0.4 is 16.2 Å². The third-order valence-corrected chi connectivity index (χ3v) is 6.80. The molecular formula is C24H22N4O3S2. The van der Waals surface area contributed by atoms with Crippen molar-refractivity contribution in [3.8, 4) is 11.1 Å². The van der Waals surface area contributed by atoms with E-state index in [1.165, 1.54) is 30.0 Å². The Morgan fingerprint density at radius 1 is 1.03 bits per heavy atom. The van der Waals surface area contributed by atoms with Crippen LogP contribution in [0.2, 0.25) is 0 Å². The number of thioether (sulfide) groups is 1. The summed E-state index contributed by atoms with van der Waals surface area (Å²) in [6, 6.07) is 16.7. The van der Waals surface area contributed by atoms with E-state index in [4.69, 9.17) is 4.98 Å². The molecule has 0 fully saturated rings. The van der Waals surface area contributed by atoms with Crippen molar-refractivity contribution < 1.29 is 9.59 Å². The topological polar surface area (TPSA) is 93.1 Å². The molecule has 0 aliphatic heterocycles. The highest BCUT2D eigenvalue weighted by molar-refractivity contribution is 7.99. The monoisotopic (exact) mass is 478 g/mol. The van der Waals surface area contributed by atoms with Crippen LogP contribution in [-0.2, 0) is 16.1 Å². The van der Waals surface area contributed by atoms with Gasteiger partial charge in [-0.05, 0) is 36.8 Å². The van der Waals surface area contributed by atoms with Crippen molar-refractivity contribution in [1.29, 1.82) is 0 Å². The lowest BCUT2D eigenvalue weighted by Crippen LogP contribution is -2.22. The maximum atomic E-state index is 13.1. The zero-order chi connectivity index (χ0) is 23.4. The highest BCUT2D eigenvalue weighted by Gasteiger charge is 2.17. The number of carbonyl (C=O) groups is 2. The first-order chi connectivity index (χ1) is 16.0. The van der Waals surface area contributed by atoms with Gasteiger partial charge in [-0.1, -0.05) is 42.1 Å². The van der Waals surface area contributed by atoms with Crippen LogP contribution in [0.1, 0.15) is 13.8 Å². The van der Waals surface area contributed by atoms with Crippen molar-refractivity contribution in [1.82, 2.24) is 9.55 Å². The van der Waals surface area contributed by atoms with Gasteiger partial charge in [0.1, 0.15) is 4.70 Å². The number of hydrogen-bond donors (Lipinski definition) is 2. The summed E-state index contributed by atoms with van der Waals surface area (Å²) in [4.78, 5) is 41.5. The molecular weight excluding hydrogens is 456 g/mol. The summed E-state index contributed by atoms with van der Waals surface area (Å²) in [5, 5.41) is 7.99. The van der Waals surface area contributed by atoms with Crippen molar-refractivity contribution in [2.24, 2.45) is 0 Å². The van der Waals surface area contributed by atoms with Gasteiger partial charge in [-0.25, -0.2) is 4.98 Å². The van der Waals surface area contributed by atoms with E-state index >= 15 is 0 Å². The first-order valence-corrected chi connectivity index (χ1v) is 12.2. The van der Waals surface area contributed by atoms with Gasteiger partial charge >= 0.3 is 0 Å². The number of benzene rings is 2. The normalized spacial score (nSPS) is 10.8. The maximum Gasteiger partial charge on any atom is 0.272 e. The van der Waals surface area contributed by atoms with Crippen LogP contribution in [0, 0.1) is 0 Å².